The van der Waals surface area contributed by atoms with E-state index >= 15 is 0 Å². The van der Waals surface area contributed by atoms with Crippen LogP contribution in [0.1, 0.15) is 99.3 Å². The lowest BCUT2D eigenvalue weighted by atomic mass is 9.44. The largest absolute Gasteiger partial charge is 0.394 e. The van der Waals surface area contributed by atoms with Crippen molar-refractivity contribution in [1.29, 1.82) is 0 Å². The van der Waals surface area contributed by atoms with Gasteiger partial charge in [-0.2, -0.15) is 0 Å². The Labute approximate surface area is 314 Å². The summed E-state index contributed by atoms with van der Waals surface area (Å²) in [7, 11) is 1.76. The van der Waals surface area contributed by atoms with Crippen LogP contribution in [0.3, 0.4) is 0 Å². The average molecular weight is 757 g/mol. The first-order valence-electron chi connectivity index (χ1n) is 20.5. The van der Waals surface area contributed by atoms with E-state index in [2.05, 4.69) is 34.6 Å². The second-order valence-corrected chi connectivity index (χ2v) is 19.0. The Kier molecular flexibility index (Phi) is 11.5. The highest BCUT2D eigenvalue weighted by atomic mass is 16.8. The molecular formula is C40H68O13. The normalized spacial score (nSPS) is 56.8. The molecule has 13 nitrogen and oxygen atoms in total. The van der Waals surface area contributed by atoms with Crippen molar-refractivity contribution in [1.82, 2.24) is 0 Å². The van der Waals surface area contributed by atoms with Gasteiger partial charge in [0.25, 0.3) is 0 Å². The van der Waals surface area contributed by atoms with Crippen molar-refractivity contribution in [2.45, 2.75) is 185 Å². The first kappa shape index (κ1) is 40.7. The molecular weight excluding hydrogens is 688 g/mol. The smallest absolute Gasteiger partial charge is 0.187 e. The molecule has 0 aromatic rings. The molecule has 4 aliphatic carbocycles. The molecule has 7 aliphatic rings. The van der Waals surface area contributed by atoms with Crippen LogP contribution in [-0.2, 0) is 28.4 Å². The average Bonchev–Trinajstić information content (AvgIpc) is 3.55. The maximum absolute atomic E-state index is 12.2. The van der Waals surface area contributed by atoms with Crippen LogP contribution in [0.25, 0.3) is 0 Å². The lowest BCUT2D eigenvalue weighted by molar-refractivity contribution is -0.371. The molecule has 0 aromatic carbocycles. The number of rotatable bonds is 9. The predicted molar refractivity (Wildman–Crippen MR) is 190 cm³/mol. The van der Waals surface area contributed by atoms with Gasteiger partial charge in [-0.15, -0.1) is 0 Å². The summed E-state index contributed by atoms with van der Waals surface area (Å²) in [5, 5.41) is 75.2. The highest BCUT2D eigenvalue weighted by Crippen LogP contribution is 2.71. The van der Waals surface area contributed by atoms with E-state index in [1.165, 1.54) is 6.92 Å². The second-order valence-electron chi connectivity index (χ2n) is 19.0. The molecule has 22 unspecified atom stereocenters. The van der Waals surface area contributed by atoms with Crippen LogP contribution in [0, 0.1) is 52.3 Å². The Morgan fingerprint density at radius 1 is 0.755 bits per heavy atom. The van der Waals surface area contributed by atoms with Gasteiger partial charge in [-0.3, -0.25) is 0 Å². The summed E-state index contributed by atoms with van der Waals surface area (Å²) < 4.78 is 37.2. The van der Waals surface area contributed by atoms with Crippen molar-refractivity contribution in [3.63, 3.8) is 0 Å². The molecule has 22 atom stereocenters. The maximum atomic E-state index is 12.2. The number of hydrogen-bond acceptors (Lipinski definition) is 13. The molecule has 3 heterocycles. The van der Waals surface area contributed by atoms with E-state index in [4.69, 9.17) is 28.4 Å². The zero-order valence-corrected chi connectivity index (χ0v) is 32.7. The number of fused-ring (bicyclic) bond motifs is 7. The molecule has 0 spiro atoms. The predicted octanol–water partition coefficient (Wildman–Crippen LogP) is 2.08. The third-order valence-corrected chi connectivity index (χ3v) is 16.0. The van der Waals surface area contributed by atoms with Crippen LogP contribution in [-0.4, -0.2) is 135 Å². The van der Waals surface area contributed by atoms with E-state index in [-0.39, 0.29) is 40.8 Å². The van der Waals surface area contributed by atoms with E-state index in [9.17, 15) is 35.7 Å². The maximum Gasteiger partial charge on any atom is 0.187 e. The van der Waals surface area contributed by atoms with Gasteiger partial charge in [-0.25, -0.2) is 0 Å². The lowest BCUT2D eigenvalue weighted by Crippen LogP contribution is -2.64. The SMILES string of the molecule is COC1(CCC(C)C)OC2C(O)C3C4CCC5CC(OC6OC(CO)C(O)C(O)C6OC6OC(C)C(O)C(O)C6O)CCC5(C)C4CCC3(C)C2C1C. The van der Waals surface area contributed by atoms with Crippen molar-refractivity contribution < 1.29 is 64.2 Å². The Morgan fingerprint density at radius 3 is 2.15 bits per heavy atom. The Bertz CT molecular complexity index is 1270. The van der Waals surface area contributed by atoms with Gasteiger partial charge in [0.15, 0.2) is 18.4 Å². The zero-order chi connectivity index (χ0) is 38.4. The molecule has 0 radical (unpaired) electrons. The number of aliphatic hydroxyl groups excluding tert-OH is 7. The first-order valence-corrected chi connectivity index (χ1v) is 20.5. The van der Waals surface area contributed by atoms with Gasteiger partial charge in [0.05, 0.1) is 31.0 Å². The molecule has 0 aromatic heterocycles. The van der Waals surface area contributed by atoms with Gasteiger partial charge < -0.3 is 64.2 Å². The molecule has 0 bridgehead atoms. The number of methoxy groups -OCH3 is 1. The summed E-state index contributed by atoms with van der Waals surface area (Å²) in [4.78, 5) is 0. The third kappa shape index (κ3) is 6.57. The van der Waals surface area contributed by atoms with Crippen LogP contribution in [0.5, 0.6) is 0 Å². The summed E-state index contributed by atoms with van der Waals surface area (Å²) in [5.74, 6) is 1.71. The van der Waals surface area contributed by atoms with E-state index in [1.54, 1.807) is 7.11 Å². The highest BCUT2D eigenvalue weighted by Gasteiger charge is 2.72. The Hall–Kier alpha value is -0.520. The van der Waals surface area contributed by atoms with Crippen molar-refractivity contribution in [2.24, 2.45) is 52.3 Å². The molecule has 3 aliphatic heterocycles. The van der Waals surface area contributed by atoms with Crippen molar-refractivity contribution in [3.05, 3.63) is 0 Å². The number of aliphatic hydroxyl groups is 7. The van der Waals surface area contributed by atoms with E-state index in [0.29, 0.717) is 23.7 Å². The monoisotopic (exact) mass is 756 g/mol. The van der Waals surface area contributed by atoms with E-state index in [1.807, 2.05) is 0 Å². The topological polar surface area (TPSA) is 197 Å². The minimum atomic E-state index is -1.62. The summed E-state index contributed by atoms with van der Waals surface area (Å²) in [6.07, 6.45) is -6.01. The van der Waals surface area contributed by atoms with Crippen molar-refractivity contribution in [3.8, 4) is 0 Å². The number of hydrogen-bond donors (Lipinski definition) is 7. The Morgan fingerprint density at radius 2 is 1.47 bits per heavy atom. The van der Waals surface area contributed by atoms with Crippen LogP contribution < -0.4 is 0 Å². The minimum Gasteiger partial charge on any atom is -0.394 e. The molecule has 4 saturated carbocycles. The van der Waals surface area contributed by atoms with Gasteiger partial charge in [0, 0.05) is 25.4 Å². The van der Waals surface area contributed by atoms with Crippen LogP contribution in [0.15, 0.2) is 0 Å². The number of ether oxygens (including phenoxy) is 6. The minimum absolute atomic E-state index is 0.0319. The van der Waals surface area contributed by atoms with Crippen LogP contribution in [0.4, 0.5) is 0 Å². The van der Waals surface area contributed by atoms with Gasteiger partial charge in [-0.05, 0) is 98.7 Å². The highest BCUT2D eigenvalue weighted by molar-refractivity contribution is 5.18. The second kappa shape index (κ2) is 15.0. The van der Waals surface area contributed by atoms with Crippen LogP contribution in [0.2, 0.25) is 0 Å². The standard InChI is InChI=1S/C40H68O13/c1-18(2)10-15-40(48-7)19(3)26-34(53-40)30(44)27-23-9-8-21-16-22(11-13-38(21,5)24(23)12-14-39(26,27)6)50-37-35(32(46)29(43)25(17-41)51-37)52-36-33(47)31(45)28(42)20(4)49-36/h18-37,41-47H,8-17H2,1-7H3. The summed E-state index contributed by atoms with van der Waals surface area (Å²) in [6, 6.07) is 0. The molecule has 0 amide bonds. The van der Waals surface area contributed by atoms with Gasteiger partial charge in [0.2, 0.25) is 0 Å². The molecule has 7 rings (SSSR count). The van der Waals surface area contributed by atoms with Crippen molar-refractivity contribution >= 4 is 0 Å². The molecule has 306 valence electrons. The van der Waals surface area contributed by atoms with Gasteiger partial charge >= 0.3 is 0 Å². The Balaban J connectivity index is 1.04. The van der Waals surface area contributed by atoms with Crippen molar-refractivity contribution in [2.75, 3.05) is 13.7 Å². The fraction of sp³-hybridized carbons (Fsp3) is 1.00. The third-order valence-electron chi connectivity index (χ3n) is 16.0. The van der Waals surface area contributed by atoms with Crippen LogP contribution >= 0.6 is 0 Å². The molecule has 3 saturated heterocycles. The zero-order valence-electron chi connectivity index (χ0n) is 32.7. The summed E-state index contributed by atoms with van der Waals surface area (Å²) in [5.41, 5.74) is 0.0250. The quantitative estimate of drug-likeness (QED) is 0.169. The fourth-order valence-corrected chi connectivity index (χ4v) is 12.9. The van der Waals surface area contributed by atoms with Gasteiger partial charge in [-0.1, -0.05) is 34.6 Å². The molecule has 7 fully saturated rings. The lowest BCUT2D eigenvalue weighted by Gasteiger charge is -2.61. The molecule has 7 N–H and O–H groups in total. The van der Waals surface area contributed by atoms with E-state index in [0.717, 1.165) is 57.8 Å². The summed E-state index contributed by atoms with van der Waals surface area (Å²) >= 11 is 0. The molecule has 13 heteroatoms. The summed E-state index contributed by atoms with van der Waals surface area (Å²) in [6.45, 7) is 12.6. The molecule has 53 heavy (non-hydrogen) atoms. The van der Waals surface area contributed by atoms with E-state index < -0.39 is 79.9 Å². The fourth-order valence-electron chi connectivity index (χ4n) is 12.9. The first-order chi connectivity index (χ1) is 25.0. The van der Waals surface area contributed by atoms with Gasteiger partial charge in [0.1, 0.15) is 42.7 Å².